The summed E-state index contributed by atoms with van der Waals surface area (Å²) in [5.74, 6) is -0.138. The van der Waals surface area contributed by atoms with Crippen LogP contribution in [0.2, 0.25) is 0 Å². The molecule has 1 aliphatic rings. The minimum Gasteiger partial charge on any atom is -0.355 e. The Morgan fingerprint density at radius 3 is 2.50 bits per heavy atom. The molecule has 0 saturated carbocycles. The number of nitrogens with zero attached hydrogens (tertiary/aromatic N) is 3. The zero-order chi connectivity index (χ0) is 20.8. The van der Waals surface area contributed by atoms with Gasteiger partial charge in [-0.05, 0) is 37.4 Å². The van der Waals surface area contributed by atoms with Crippen LogP contribution in [0.5, 0.6) is 0 Å². The lowest BCUT2D eigenvalue weighted by Crippen LogP contribution is -2.57. The fourth-order valence-electron chi connectivity index (χ4n) is 3.78. The molecule has 7 nitrogen and oxygen atoms in total. The molecule has 1 saturated heterocycles. The molecule has 1 fully saturated rings. The molecule has 8 heteroatoms. The van der Waals surface area contributed by atoms with E-state index in [4.69, 9.17) is 4.98 Å². The minimum atomic E-state index is -0.109. The van der Waals surface area contributed by atoms with E-state index in [0.29, 0.717) is 11.1 Å². The van der Waals surface area contributed by atoms with Crippen LogP contribution < -0.4 is 10.6 Å². The van der Waals surface area contributed by atoms with Crippen LogP contribution >= 0.6 is 11.3 Å². The van der Waals surface area contributed by atoms with Gasteiger partial charge >= 0.3 is 0 Å². The predicted octanol–water partition coefficient (Wildman–Crippen LogP) is 2.62. The molecule has 5 rings (SSSR count). The number of carbonyl (C=O) groups is 2. The second-order valence-corrected chi connectivity index (χ2v) is 8.62. The number of likely N-dealkylation sites (N-methyl/N-ethyl adjacent to an activating group) is 1. The van der Waals surface area contributed by atoms with Crippen LogP contribution in [-0.4, -0.2) is 59.3 Å². The average Bonchev–Trinajstić information content (AvgIpc) is 3.29. The van der Waals surface area contributed by atoms with Gasteiger partial charge in [0, 0.05) is 43.0 Å². The van der Waals surface area contributed by atoms with Crippen molar-refractivity contribution in [3.05, 3.63) is 59.8 Å². The van der Waals surface area contributed by atoms with Gasteiger partial charge in [0.2, 0.25) is 0 Å². The molecular weight excluding hydrogens is 398 g/mol. The normalized spacial score (nSPS) is 14.7. The van der Waals surface area contributed by atoms with Crippen molar-refractivity contribution in [3.8, 4) is 11.3 Å². The summed E-state index contributed by atoms with van der Waals surface area (Å²) in [5, 5.41) is 5.70. The average molecular weight is 420 g/mol. The van der Waals surface area contributed by atoms with Crippen molar-refractivity contribution in [2.45, 2.75) is 6.04 Å². The number of benzene rings is 2. The molecule has 0 atom stereocenters. The number of nitrogens with one attached hydrogen (secondary N) is 2. The topological polar surface area (TPSA) is 78.7 Å². The van der Waals surface area contributed by atoms with Gasteiger partial charge in [-0.15, -0.1) is 0 Å². The van der Waals surface area contributed by atoms with Crippen molar-refractivity contribution >= 4 is 38.3 Å². The Morgan fingerprint density at radius 2 is 1.80 bits per heavy atom. The van der Waals surface area contributed by atoms with Crippen LogP contribution in [0.25, 0.3) is 26.4 Å². The molecule has 152 valence electrons. The van der Waals surface area contributed by atoms with E-state index in [2.05, 4.69) is 15.5 Å². The first-order valence-corrected chi connectivity index (χ1v) is 10.6. The van der Waals surface area contributed by atoms with Gasteiger partial charge in [-0.2, -0.15) is 0 Å². The molecule has 2 aromatic carbocycles. The van der Waals surface area contributed by atoms with E-state index in [-0.39, 0.29) is 17.9 Å². The molecule has 4 aromatic rings. The fourth-order valence-corrected chi connectivity index (χ4v) is 4.82. The van der Waals surface area contributed by atoms with Gasteiger partial charge in [0.1, 0.15) is 0 Å². The highest BCUT2D eigenvalue weighted by Gasteiger charge is 2.25. The molecule has 1 aliphatic heterocycles. The van der Waals surface area contributed by atoms with Gasteiger partial charge in [-0.25, -0.2) is 4.98 Å². The second-order valence-electron chi connectivity index (χ2n) is 7.61. The number of hydrogen-bond donors (Lipinski definition) is 2. The first kappa shape index (κ1) is 18.8. The number of thiazole rings is 1. The van der Waals surface area contributed by atoms with Crippen molar-refractivity contribution in [1.29, 1.82) is 0 Å². The van der Waals surface area contributed by atoms with Crippen molar-refractivity contribution in [1.82, 2.24) is 24.9 Å². The monoisotopic (exact) mass is 419 g/mol. The Bertz CT molecular complexity index is 1270. The lowest BCUT2D eigenvalue weighted by Gasteiger charge is -2.36. The standard InChI is InChI=1S/C22H21N5O2S/c1-23-20(28)14-5-3-13(4-6-14)17-12-27-18-8-7-15(9-19(18)30-22(27)25-17)21(29)24-16-10-26(2)11-16/h3-9,12,16H,10-11H2,1-2H3,(H,23,28)(H,24,29). The van der Waals surface area contributed by atoms with E-state index >= 15 is 0 Å². The van der Waals surface area contributed by atoms with Gasteiger partial charge in [0.25, 0.3) is 11.8 Å². The van der Waals surface area contributed by atoms with Crippen LogP contribution in [0.4, 0.5) is 0 Å². The van der Waals surface area contributed by atoms with Crippen molar-refractivity contribution < 1.29 is 9.59 Å². The van der Waals surface area contributed by atoms with Gasteiger partial charge in [-0.1, -0.05) is 23.5 Å². The largest absolute Gasteiger partial charge is 0.355 e. The number of likely N-dealkylation sites (tertiary alicyclic amines) is 1. The van der Waals surface area contributed by atoms with Crippen LogP contribution in [0.3, 0.4) is 0 Å². The quantitative estimate of drug-likeness (QED) is 0.533. The molecule has 0 radical (unpaired) electrons. The van der Waals surface area contributed by atoms with Gasteiger partial charge in [-0.3, -0.25) is 14.0 Å². The van der Waals surface area contributed by atoms with Crippen LogP contribution in [0.15, 0.2) is 48.7 Å². The van der Waals surface area contributed by atoms with Gasteiger partial charge in [0.15, 0.2) is 4.96 Å². The highest BCUT2D eigenvalue weighted by atomic mass is 32.1. The molecule has 0 aliphatic carbocycles. The van der Waals surface area contributed by atoms with Crippen LogP contribution in [-0.2, 0) is 0 Å². The number of hydrogen-bond acceptors (Lipinski definition) is 5. The molecule has 2 aromatic heterocycles. The molecule has 0 bridgehead atoms. The van der Waals surface area contributed by atoms with E-state index in [1.807, 2.05) is 48.0 Å². The summed E-state index contributed by atoms with van der Waals surface area (Å²) in [6, 6.07) is 13.4. The molecule has 2 N–H and O–H groups in total. The van der Waals surface area contributed by atoms with E-state index in [0.717, 1.165) is 39.5 Å². The third kappa shape index (κ3) is 3.24. The Labute approximate surface area is 177 Å². The Balaban J connectivity index is 1.41. The highest BCUT2D eigenvalue weighted by molar-refractivity contribution is 7.23. The van der Waals surface area contributed by atoms with Crippen molar-refractivity contribution in [2.75, 3.05) is 27.2 Å². The summed E-state index contributed by atoms with van der Waals surface area (Å²) in [6.45, 7) is 1.79. The SMILES string of the molecule is CNC(=O)c1ccc(-c2cn3c(n2)sc2cc(C(=O)NC4CN(C)C4)ccc23)cc1. The van der Waals surface area contributed by atoms with Gasteiger partial charge < -0.3 is 15.5 Å². The third-order valence-corrected chi connectivity index (χ3v) is 6.44. The summed E-state index contributed by atoms with van der Waals surface area (Å²) in [5.41, 5.74) is 4.12. The fraction of sp³-hybridized carbons (Fsp3) is 0.227. The first-order chi connectivity index (χ1) is 14.5. The van der Waals surface area contributed by atoms with Crippen LogP contribution in [0, 0.1) is 0 Å². The van der Waals surface area contributed by atoms with E-state index in [1.165, 1.54) is 0 Å². The first-order valence-electron chi connectivity index (χ1n) is 9.75. The Hall–Kier alpha value is -3.23. The Morgan fingerprint density at radius 1 is 1.07 bits per heavy atom. The zero-order valence-corrected chi connectivity index (χ0v) is 17.5. The molecule has 2 amide bonds. The number of amides is 2. The number of fused-ring (bicyclic) bond motifs is 3. The van der Waals surface area contributed by atoms with Crippen LogP contribution in [0.1, 0.15) is 20.7 Å². The minimum absolute atomic E-state index is 0.0297. The van der Waals surface area contributed by atoms with Gasteiger partial charge in [0.05, 0.1) is 22.0 Å². The summed E-state index contributed by atoms with van der Waals surface area (Å²) in [6.07, 6.45) is 1.99. The highest BCUT2D eigenvalue weighted by Crippen LogP contribution is 2.30. The molecule has 3 heterocycles. The van der Waals surface area contributed by atoms with E-state index < -0.39 is 0 Å². The van der Waals surface area contributed by atoms with E-state index in [9.17, 15) is 9.59 Å². The maximum atomic E-state index is 12.5. The third-order valence-electron chi connectivity index (χ3n) is 5.43. The molecule has 0 unspecified atom stereocenters. The maximum Gasteiger partial charge on any atom is 0.251 e. The van der Waals surface area contributed by atoms with E-state index in [1.54, 1.807) is 30.5 Å². The van der Waals surface area contributed by atoms with Crippen molar-refractivity contribution in [3.63, 3.8) is 0 Å². The number of carbonyl (C=O) groups excluding carboxylic acids is 2. The Kier molecular flexibility index (Phi) is 4.52. The molecule has 0 spiro atoms. The zero-order valence-electron chi connectivity index (χ0n) is 16.7. The predicted molar refractivity (Wildman–Crippen MR) is 118 cm³/mol. The summed E-state index contributed by atoms with van der Waals surface area (Å²) in [4.78, 5) is 32.0. The summed E-state index contributed by atoms with van der Waals surface area (Å²) < 4.78 is 3.07. The molecule has 30 heavy (non-hydrogen) atoms. The maximum absolute atomic E-state index is 12.5. The molecular formula is C22H21N5O2S. The number of imidazole rings is 1. The summed E-state index contributed by atoms with van der Waals surface area (Å²) in [7, 11) is 3.66. The number of rotatable bonds is 4. The lowest BCUT2D eigenvalue weighted by molar-refractivity contribution is 0.0857. The van der Waals surface area contributed by atoms with Crippen molar-refractivity contribution in [2.24, 2.45) is 0 Å². The number of aromatic nitrogens is 2. The lowest BCUT2D eigenvalue weighted by atomic mass is 10.1. The smallest absolute Gasteiger partial charge is 0.251 e. The summed E-state index contributed by atoms with van der Waals surface area (Å²) >= 11 is 1.56. The second kappa shape index (κ2) is 7.23.